The average Bonchev–Trinajstić information content (AvgIpc) is 3.49. The van der Waals surface area contributed by atoms with Crippen LogP contribution >= 0.6 is 0 Å². The third kappa shape index (κ3) is 5.17. The van der Waals surface area contributed by atoms with Crippen molar-refractivity contribution < 1.29 is 0 Å². The molecule has 1 saturated carbocycles. The van der Waals surface area contributed by atoms with Crippen molar-refractivity contribution in [3.63, 3.8) is 0 Å². The second-order valence-electron chi connectivity index (χ2n) is 6.48. The molecular formula is C23H24N4. The van der Waals surface area contributed by atoms with Gasteiger partial charge in [-0.05, 0) is 59.7 Å². The Balaban J connectivity index is 1.59. The number of nitrogens with zero attached hydrogens (tertiary/aromatic N) is 4. The molecule has 3 rings (SSSR count). The molecule has 2 aromatic carbocycles. The van der Waals surface area contributed by atoms with Crippen LogP contribution in [0.4, 0.5) is 0 Å². The lowest BCUT2D eigenvalue weighted by molar-refractivity contribution is 0.961. The molecule has 136 valence electrons. The predicted molar refractivity (Wildman–Crippen MR) is 118 cm³/mol. The minimum Gasteiger partial charge on any atom is -0.291 e. The summed E-state index contributed by atoms with van der Waals surface area (Å²) in [5.74, 6) is 0.995. The fraction of sp³-hybridized carbons (Fsp3) is 0.217. The molecule has 0 saturated heterocycles. The maximum atomic E-state index is 4.49. The topological polar surface area (TPSA) is 49.4 Å². The number of rotatable bonds is 9. The Morgan fingerprint density at radius 2 is 1.81 bits per heavy atom. The molecule has 27 heavy (non-hydrogen) atoms. The SMILES string of the molecule is C=N/C=C\C=NCCN=C/C(=C\N=C)C1CC1c1ccc2ccccc2c1. The zero-order valence-electron chi connectivity index (χ0n) is 15.4. The summed E-state index contributed by atoms with van der Waals surface area (Å²) in [5.41, 5.74) is 2.53. The van der Waals surface area contributed by atoms with E-state index in [0.29, 0.717) is 24.9 Å². The number of allylic oxidation sites excluding steroid dienone is 2. The van der Waals surface area contributed by atoms with E-state index in [4.69, 9.17) is 0 Å². The molecule has 2 atom stereocenters. The van der Waals surface area contributed by atoms with Gasteiger partial charge in [-0.2, -0.15) is 0 Å². The molecule has 2 unspecified atom stereocenters. The zero-order chi connectivity index (χ0) is 18.9. The molecule has 0 N–H and O–H groups in total. The van der Waals surface area contributed by atoms with Crippen LogP contribution < -0.4 is 0 Å². The van der Waals surface area contributed by atoms with Crippen LogP contribution in [-0.4, -0.2) is 39.0 Å². The molecule has 0 spiro atoms. The third-order valence-corrected chi connectivity index (χ3v) is 4.64. The van der Waals surface area contributed by atoms with Gasteiger partial charge in [0.25, 0.3) is 0 Å². The van der Waals surface area contributed by atoms with E-state index in [1.165, 1.54) is 16.3 Å². The van der Waals surface area contributed by atoms with Crippen molar-refractivity contribution >= 4 is 36.6 Å². The number of aliphatic imine (C=N–C) groups is 4. The molecule has 0 radical (unpaired) electrons. The lowest BCUT2D eigenvalue weighted by Crippen LogP contribution is -1.94. The van der Waals surface area contributed by atoms with Crippen molar-refractivity contribution in [1.29, 1.82) is 0 Å². The van der Waals surface area contributed by atoms with Crippen LogP contribution in [0, 0.1) is 5.92 Å². The molecule has 0 heterocycles. The summed E-state index contributed by atoms with van der Waals surface area (Å²) in [6, 6.07) is 15.2. The van der Waals surface area contributed by atoms with E-state index in [-0.39, 0.29) is 0 Å². The predicted octanol–water partition coefficient (Wildman–Crippen LogP) is 4.88. The Kier molecular flexibility index (Phi) is 6.58. The van der Waals surface area contributed by atoms with Crippen LogP contribution in [-0.2, 0) is 0 Å². The van der Waals surface area contributed by atoms with Crippen molar-refractivity contribution in [3.8, 4) is 0 Å². The molecule has 0 aromatic heterocycles. The van der Waals surface area contributed by atoms with Gasteiger partial charge in [0.05, 0.1) is 13.1 Å². The van der Waals surface area contributed by atoms with Crippen molar-refractivity contribution in [2.75, 3.05) is 13.1 Å². The highest BCUT2D eigenvalue weighted by atomic mass is 14.8. The van der Waals surface area contributed by atoms with Crippen LogP contribution in [0.5, 0.6) is 0 Å². The van der Waals surface area contributed by atoms with Crippen molar-refractivity contribution in [2.24, 2.45) is 25.9 Å². The van der Waals surface area contributed by atoms with Gasteiger partial charge in [-0.1, -0.05) is 42.5 Å². The molecule has 4 heteroatoms. The number of fused-ring (bicyclic) bond motifs is 1. The molecule has 2 aromatic rings. The summed E-state index contributed by atoms with van der Waals surface area (Å²) in [6.45, 7) is 8.26. The molecule has 0 bridgehead atoms. The van der Waals surface area contributed by atoms with Gasteiger partial charge in [-0.3, -0.25) is 20.0 Å². The van der Waals surface area contributed by atoms with Crippen LogP contribution in [0.15, 0.2) is 86.5 Å². The zero-order valence-corrected chi connectivity index (χ0v) is 15.4. The summed E-state index contributed by atoms with van der Waals surface area (Å²) in [5, 5.41) is 2.57. The maximum absolute atomic E-state index is 4.49. The summed E-state index contributed by atoms with van der Waals surface area (Å²) < 4.78 is 0. The summed E-state index contributed by atoms with van der Waals surface area (Å²) >= 11 is 0. The van der Waals surface area contributed by atoms with Gasteiger partial charge in [0.2, 0.25) is 0 Å². The molecule has 0 amide bonds. The fourth-order valence-electron chi connectivity index (χ4n) is 3.22. The number of hydrogen-bond donors (Lipinski definition) is 0. The van der Waals surface area contributed by atoms with Crippen LogP contribution in [0.1, 0.15) is 17.9 Å². The van der Waals surface area contributed by atoms with E-state index in [1.807, 2.05) is 12.4 Å². The van der Waals surface area contributed by atoms with Gasteiger partial charge < -0.3 is 0 Å². The van der Waals surface area contributed by atoms with Crippen molar-refractivity contribution in [2.45, 2.75) is 12.3 Å². The average molecular weight is 356 g/mol. The van der Waals surface area contributed by atoms with E-state index in [2.05, 4.69) is 75.9 Å². The second-order valence-corrected chi connectivity index (χ2v) is 6.48. The molecule has 1 aliphatic carbocycles. The first kappa shape index (κ1) is 18.6. The first-order chi connectivity index (χ1) is 13.3. The van der Waals surface area contributed by atoms with E-state index < -0.39 is 0 Å². The van der Waals surface area contributed by atoms with Crippen LogP contribution in [0.2, 0.25) is 0 Å². The Morgan fingerprint density at radius 3 is 2.63 bits per heavy atom. The monoisotopic (exact) mass is 356 g/mol. The number of benzene rings is 2. The van der Waals surface area contributed by atoms with Crippen molar-refractivity contribution in [3.05, 3.63) is 72.1 Å². The third-order valence-electron chi connectivity index (χ3n) is 4.64. The van der Waals surface area contributed by atoms with Crippen LogP contribution in [0.3, 0.4) is 0 Å². The highest BCUT2D eigenvalue weighted by Gasteiger charge is 2.40. The van der Waals surface area contributed by atoms with Gasteiger partial charge in [0, 0.05) is 24.8 Å². The normalized spacial score (nSPS) is 20.1. The Bertz CT molecular complexity index is 921. The first-order valence-corrected chi connectivity index (χ1v) is 9.08. The lowest BCUT2D eigenvalue weighted by atomic mass is 10.0. The van der Waals surface area contributed by atoms with E-state index in [0.717, 1.165) is 12.0 Å². The van der Waals surface area contributed by atoms with Crippen LogP contribution in [0.25, 0.3) is 10.8 Å². The standard InChI is InChI=1S/C23H24N4/c1-24-10-5-11-26-12-13-27-17-21(16-25-2)23-15-22(23)20-9-8-18-6-3-4-7-19(18)14-20/h3-11,14,16-17,22-23H,1-2,12-13,15H2/b10-5-,21-16+,26-11?,27-17?. The maximum Gasteiger partial charge on any atom is 0.0585 e. The quantitative estimate of drug-likeness (QED) is 0.454. The molecule has 1 aliphatic rings. The van der Waals surface area contributed by atoms with Gasteiger partial charge >= 0.3 is 0 Å². The number of hydrogen-bond acceptors (Lipinski definition) is 4. The molecule has 4 nitrogen and oxygen atoms in total. The molecule has 1 fully saturated rings. The van der Waals surface area contributed by atoms with E-state index in [9.17, 15) is 0 Å². The highest BCUT2D eigenvalue weighted by molar-refractivity contribution is 5.84. The summed E-state index contributed by atoms with van der Waals surface area (Å²) in [7, 11) is 0. The second kappa shape index (κ2) is 9.53. The molecule has 0 aliphatic heterocycles. The van der Waals surface area contributed by atoms with E-state index >= 15 is 0 Å². The van der Waals surface area contributed by atoms with Gasteiger partial charge in [-0.15, -0.1) is 0 Å². The minimum atomic E-state index is 0.463. The largest absolute Gasteiger partial charge is 0.291 e. The van der Waals surface area contributed by atoms with Gasteiger partial charge in [0.1, 0.15) is 0 Å². The van der Waals surface area contributed by atoms with Gasteiger partial charge in [-0.25, -0.2) is 0 Å². The summed E-state index contributed by atoms with van der Waals surface area (Å²) in [6.07, 6.45) is 9.95. The fourth-order valence-corrected chi connectivity index (χ4v) is 3.22. The Morgan fingerprint density at radius 1 is 1.00 bits per heavy atom. The Hall–Kier alpha value is -3.14. The first-order valence-electron chi connectivity index (χ1n) is 9.08. The Labute approximate surface area is 160 Å². The van der Waals surface area contributed by atoms with Crippen molar-refractivity contribution in [1.82, 2.24) is 0 Å². The highest BCUT2D eigenvalue weighted by Crippen LogP contribution is 2.51. The van der Waals surface area contributed by atoms with Gasteiger partial charge in [0.15, 0.2) is 0 Å². The lowest BCUT2D eigenvalue weighted by Gasteiger charge is -2.04. The van der Waals surface area contributed by atoms with E-state index in [1.54, 1.807) is 18.5 Å². The summed E-state index contributed by atoms with van der Waals surface area (Å²) in [4.78, 5) is 16.3. The smallest absolute Gasteiger partial charge is 0.0585 e. The molecular weight excluding hydrogens is 332 g/mol. The minimum absolute atomic E-state index is 0.463.